The Morgan fingerprint density at radius 2 is 1.79 bits per heavy atom. The van der Waals surface area contributed by atoms with Crippen LogP contribution < -0.4 is 4.90 Å². The largest absolute Gasteiger partial charge is 0.304 e. The van der Waals surface area contributed by atoms with Gasteiger partial charge in [-0.05, 0) is 31.5 Å². The van der Waals surface area contributed by atoms with Gasteiger partial charge in [-0.15, -0.1) is 0 Å². The number of hydrogen-bond acceptors (Lipinski definition) is 2. The van der Waals surface area contributed by atoms with E-state index in [2.05, 4.69) is 5.10 Å². The van der Waals surface area contributed by atoms with Gasteiger partial charge in [0.25, 0.3) is 5.91 Å². The normalized spacial score (nSPS) is 14.8. The second kappa shape index (κ2) is 7.39. The van der Waals surface area contributed by atoms with Crippen LogP contribution in [0.2, 0.25) is 10.2 Å². The van der Waals surface area contributed by atoms with E-state index in [4.69, 9.17) is 23.2 Å². The van der Waals surface area contributed by atoms with Gasteiger partial charge in [0.05, 0.1) is 16.8 Å². The fourth-order valence-electron chi connectivity index (χ4n) is 3.46. The van der Waals surface area contributed by atoms with Crippen LogP contribution >= 0.6 is 23.2 Å². The molecule has 2 heterocycles. The molecule has 0 spiro atoms. The number of carbonyl (C=O) groups is 1. The number of halogens is 5. The second-order valence-electron chi connectivity index (χ2n) is 6.66. The molecular formula is C20H14Cl2F3N3O. The zero-order valence-electron chi connectivity index (χ0n) is 15.1. The highest BCUT2D eigenvalue weighted by Gasteiger charge is 2.34. The van der Waals surface area contributed by atoms with Crippen molar-refractivity contribution in [3.8, 4) is 0 Å². The first-order valence-electron chi connectivity index (χ1n) is 8.78. The molecule has 0 saturated carbocycles. The average Bonchev–Trinajstić information content (AvgIpc) is 3.04. The van der Waals surface area contributed by atoms with E-state index in [1.165, 1.54) is 33.8 Å². The minimum atomic E-state index is -1.00. The van der Waals surface area contributed by atoms with Gasteiger partial charge in [0.15, 0.2) is 23.1 Å². The van der Waals surface area contributed by atoms with Gasteiger partial charge in [-0.2, -0.15) is 5.10 Å². The molecule has 4 rings (SSSR count). The molecular weight excluding hydrogens is 426 g/mol. The predicted octanol–water partition coefficient (Wildman–Crippen LogP) is 5.42. The minimum Gasteiger partial charge on any atom is -0.304 e. The van der Waals surface area contributed by atoms with Gasteiger partial charge in [-0.3, -0.25) is 4.79 Å². The van der Waals surface area contributed by atoms with Crippen molar-refractivity contribution in [3.63, 3.8) is 0 Å². The van der Waals surface area contributed by atoms with Crippen LogP contribution in [0.25, 0.3) is 0 Å². The number of fused-ring (bicyclic) bond motifs is 1. The summed E-state index contributed by atoms with van der Waals surface area (Å²) in [5.41, 5.74) is 0.628. The lowest BCUT2D eigenvalue weighted by molar-refractivity contribution is 0.0974. The van der Waals surface area contributed by atoms with E-state index < -0.39 is 29.4 Å². The molecule has 9 heteroatoms. The molecule has 1 aliphatic heterocycles. The third-order valence-corrected chi connectivity index (χ3v) is 5.69. The lowest BCUT2D eigenvalue weighted by Crippen LogP contribution is -2.38. The predicted molar refractivity (Wildman–Crippen MR) is 104 cm³/mol. The third-order valence-electron chi connectivity index (χ3n) is 5.00. The molecule has 29 heavy (non-hydrogen) atoms. The molecule has 4 nitrogen and oxygen atoms in total. The number of hydrogen-bond donors (Lipinski definition) is 0. The highest BCUT2D eigenvalue weighted by atomic mass is 35.5. The summed E-state index contributed by atoms with van der Waals surface area (Å²) < 4.78 is 43.5. The van der Waals surface area contributed by atoms with Gasteiger partial charge in [0.1, 0.15) is 5.15 Å². The molecule has 0 radical (unpaired) electrons. The number of carbonyl (C=O) groups excluding carboxylic acids is 1. The van der Waals surface area contributed by atoms with Gasteiger partial charge < -0.3 is 4.90 Å². The Morgan fingerprint density at radius 3 is 2.55 bits per heavy atom. The van der Waals surface area contributed by atoms with E-state index >= 15 is 0 Å². The molecule has 1 aliphatic rings. The number of nitrogens with zero attached hydrogens (tertiary/aromatic N) is 3. The maximum atomic E-state index is 14.4. The highest BCUT2D eigenvalue weighted by molar-refractivity contribution is 6.32. The van der Waals surface area contributed by atoms with Crippen molar-refractivity contribution in [3.05, 3.63) is 80.8 Å². The summed E-state index contributed by atoms with van der Waals surface area (Å²) in [5, 5.41) is 4.32. The topological polar surface area (TPSA) is 38.1 Å². The summed E-state index contributed by atoms with van der Waals surface area (Å²) >= 11 is 12.2. The molecule has 1 unspecified atom stereocenters. The van der Waals surface area contributed by atoms with E-state index in [-0.39, 0.29) is 33.7 Å². The van der Waals surface area contributed by atoms with E-state index in [0.717, 1.165) is 6.07 Å². The number of rotatable bonds is 3. The van der Waals surface area contributed by atoms with Crippen LogP contribution in [0.3, 0.4) is 0 Å². The van der Waals surface area contributed by atoms with E-state index in [9.17, 15) is 18.0 Å². The first-order chi connectivity index (χ1) is 13.8. The van der Waals surface area contributed by atoms with Gasteiger partial charge >= 0.3 is 0 Å². The third kappa shape index (κ3) is 3.18. The Labute approximate surface area is 174 Å². The molecule has 0 aliphatic carbocycles. The Bertz CT molecular complexity index is 1130. The number of benzene rings is 2. The smallest absolute Gasteiger partial charge is 0.279 e. The van der Waals surface area contributed by atoms with Crippen molar-refractivity contribution in [2.45, 2.75) is 19.4 Å². The van der Waals surface area contributed by atoms with E-state index in [1.54, 1.807) is 13.0 Å². The Morgan fingerprint density at radius 1 is 1.07 bits per heavy atom. The van der Waals surface area contributed by atoms with Crippen molar-refractivity contribution >= 4 is 34.8 Å². The van der Waals surface area contributed by atoms with Crippen molar-refractivity contribution in [2.24, 2.45) is 0 Å². The van der Waals surface area contributed by atoms with Gasteiger partial charge in [-0.1, -0.05) is 41.4 Å². The summed E-state index contributed by atoms with van der Waals surface area (Å²) in [6.45, 7) is 1.78. The first kappa shape index (κ1) is 19.8. The van der Waals surface area contributed by atoms with Crippen molar-refractivity contribution in [2.75, 3.05) is 11.4 Å². The zero-order valence-corrected chi connectivity index (χ0v) is 16.6. The van der Waals surface area contributed by atoms with E-state index in [0.29, 0.717) is 12.0 Å². The Hall–Kier alpha value is -2.51. The van der Waals surface area contributed by atoms with Crippen molar-refractivity contribution in [1.82, 2.24) is 9.78 Å². The molecule has 0 N–H and O–H groups in total. The quantitative estimate of drug-likeness (QED) is 0.546. The van der Waals surface area contributed by atoms with Crippen LogP contribution in [-0.4, -0.2) is 22.2 Å². The van der Waals surface area contributed by atoms with Crippen LogP contribution in [0, 0.1) is 17.5 Å². The lowest BCUT2D eigenvalue weighted by atomic mass is 10.1. The van der Waals surface area contributed by atoms with Gasteiger partial charge in [-0.25, -0.2) is 17.9 Å². The lowest BCUT2D eigenvalue weighted by Gasteiger charge is -2.26. The van der Waals surface area contributed by atoms with Crippen LogP contribution in [0.4, 0.5) is 18.9 Å². The summed E-state index contributed by atoms with van der Waals surface area (Å²) in [6.07, 6.45) is 0.324. The number of aromatic nitrogens is 2. The monoisotopic (exact) mass is 439 g/mol. The van der Waals surface area contributed by atoms with Crippen LogP contribution in [0.5, 0.6) is 0 Å². The molecule has 2 aromatic carbocycles. The summed E-state index contributed by atoms with van der Waals surface area (Å²) in [6, 6.07) is 7.46. The average molecular weight is 440 g/mol. The van der Waals surface area contributed by atoms with Gasteiger partial charge in [0, 0.05) is 17.7 Å². The second-order valence-corrected chi connectivity index (χ2v) is 7.43. The number of anilines is 1. The van der Waals surface area contributed by atoms with Crippen molar-refractivity contribution < 1.29 is 18.0 Å². The summed E-state index contributed by atoms with van der Waals surface area (Å²) in [4.78, 5) is 14.2. The minimum absolute atomic E-state index is 0.0445. The number of amides is 1. The van der Waals surface area contributed by atoms with Gasteiger partial charge in [0.2, 0.25) is 0 Å². The Balaban J connectivity index is 1.74. The first-order valence-corrected chi connectivity index (χ1v) is 9.53. The van der Waals surface area contributed by atoms with Crippen molar-refractivity contribution in [1.29, 1.82) is 0 Å². The van der Waals surface area contributed by atoms with Crippen LogP contribution in [-0.2, 0) is 6.42 Å². The molecule has 3 aromatic rings. The fourth-order valence-corrected chi connectivity index (χ4v) is 3.99. The summed E-state index contributed by atoms with van der Waals surface area (Å²) in [7, 11) is 0. The van der Waals surface area contributed by atoms with Crippen LogP contribution in [0.15, 0.2) is 36.4 Å². The molecule has 1 atom stereocenters. The molecule has 0 fully saturated rings. The Kier molecular flexibility index (Phi) is 5.04. The summed E-state index contributed by atoms with van der Waals surface area (Å²) in [5.74, 6) is -3.23. The maximum Gasteiger partial charge on any atom is 0.279 e. The highest BCUT2D eigenvalue weighted by Crippen LogP contribution is 2.34. The standard InChI is InChI=1S/C20H14Cl2F3N3O/c1-10(11-4-2-6-14(23)16(11)24)28-19(22)12-8-9-27(20(29)18(12)26-28)15-7-3-5-13(21)17(15)25/h2-7,10H,8-9H2,1H3. The SMILES string of the molecule is CC(c1cccc(F)c1F)n1nc2c(c1Cl)CCN(c1cccc(Cl)c1F)C2=O. The van der Waals surface area contributed by atoms with Crippen LogP contribution in [0.1, 0.15) is 34.6 Å². The molecule has 1 amide bonds. The van der Waals surface area contributed by atoms with E-state index in [1.807, 2.05) is 0 Å². The molecule has 1 aromatic heterocycles. The fraction of sp³-hybridized carbons (Fsp3) is 0.200. The molecule has 0 saturated heterocycles. The maximum absolute atomic E-state index is 14.4. The zero-order chi connectivity index (χ0) is 20.9. The molecule has 150 valence electrons. The molecule has 0 bridgehead atoms.